The number of hydrogen-bond acceptors (Lipinski definition) is 3. The molecule has 0 aromatic heterocycles. The lowest BCUT2D eigenvalue weighted by atomic mass is 10.2. The highest BCUT2D eigenvalue weighted by atomic mass is 19.1. The molecule has 1 aromatic rings. The zero-order valence-electron chi connectivity index (χ0n) is 11.5. The van der Waals surface area contributed by atoms with E-state index >= 15 is 0 Å². The number of benzene rings is 1. The molecule has 21 heavy (non-hydrogen) atoms. The third kappa shape index (κ3) is 4.53. The van der Waals surface area contributed by atoms with E-state index in [0.717, 1.165) is 50.2 Å². The summed E-state index contributed by atoms with van der Waals surface area (Å²) in [5.74, 6) is -3.26. The van der Waals surface area contributed by atoms with Crippen molar-refractivity contribution in [2.45, 2.75) is 12.8 Å². The Balaban J connectivity index is 1.97. The number of carboxylic acid groups (broad SMARTS) is 1. The van der Waals surface area contributed by atoms with Gasteiger partial charge in [0.1, 0.15) is 6.61 Å². The Morgan fingerprint density at radius 3 is 2.48 bits per heavy atom. The molecule has 0 amide bonds. The van der Waals surface area contributed by atoms with Gasteiger partial charge in [0.25, 0.3) is 0 Å². The van der Waals surface area contributed by atoms with E-state index in [4.69, 9.17) is 9.84 Å². The molecule has 4 nitrogen and oxygen atoms in total. The molecule has 2 rings (SSSR count). The lowest BCUT2D eigenvalue weighted by molar-refractivity contribution is -0.131. The van der Waals surface area contributed by atoms with Gasteiger partial charge < -0.3 is 9.84 Å². The van der Waals surface area contributed by atoms with Crippen molar-refractivity contribution in [1.82, 2.24) is 4.90 Å². The molecule has 0 bridgehead atoms. The van der Waals surface area contributed by atoms with Crippen molar-refractivity contribution in [2.75, 3.05) is 26.2 Å². The van der Waals surface area contributed by atoms with E-state index in [-0.39, 0.29) is 12.2 Å². The molecule has 0 unspecified atom stereocenters. The van der Waals surface area contributed by atoms with Gasteiger partial charge in [0.15, 0.2) is 17.4 Å². The van der Waals surface area contributed by atoms with Crippen molar-refractivity contribution in [3.63, 3.8) is 0 Å². The van der Waals surface area contributed by atoms with E-state index < -0.39 is 23.4 Å². The van der Waals surface area contributed by atoms with Gasteiger partial charge in [-0.3, -0.25) is 4.90 Å². The molecule has 114 valence electrons. The minimum absolute atomic E-state index is 0.138. The predicted molar refractivity (Wildman–Crippen MR) is 74.2 cm³/mol. The number of ether oxygens (including phenoxy) is 1. The first kappa shape index (κ1) is 15.4. The second-order valence-electron chi connectivity index (χ2n) is 4.88. The molecule has 1 aliphatic heterocycles. The Morgan fingerprint density at radius 2 is 1.90 bits per heavy atom. The van der Waals surface area contributed by atoms with Gasteiger partial charge in [-0.1, -0.05) is 0 Å². The summed E-state index contributed by atoms with van der Waals surface area (Å²) in [6.07, 6.45) is 4.24. The van der Waals surface area contributed by atoms with Crippen molar-refractivity contribution in [1.29, 1.82) is 0 Å². The Hall–Kier alpha value is -1.95. The molecular formula is C15H17F2NO3. The Bertz CT molecular complexity index is 517. The fraction of sp³-hybridized carbons (Fsp3) is 0.400. The van der Waals surface area contributed by atoms with Gasteiger partial charge in [-0.2, -0.15) is 0 Å². The molecule has 1 fully saturated rings. The van der Waals surface area contributed by atoms with Crippen LogP contribution in [-0.2, 0) is 4.79 Å². The fourth-order valence-electron chi connectivity index (χ4n) is 2.26. The molecule has 1 heterocycles. The van der Waals surface area contributed by atoms with E-state index in [1.165, 1.54) is 0 Å². The molecule has 0 aliphatic carbocycles. The molecule has 1 aliphatic rings. The summed E-state index contributed by atoms with van der Waals surface area (Å²) in [5.41, 5.74) is 0.138. The fourth-order valence-corrected chi connectivity index (χ4v) is 2.26. The normalized spacial score (nSPS) is 15.7. The summed E-state index contributed by atoms with van der Waals surface area (Å²) in [6, 6.07) is 2.10. The van der Waals surface area contributed by atoms with Crippen molar-refractivity contribution in [3.05, 3.63) is 35.4 Å². The molecule has 1 saturated heterocycles. The van der Waals surface area contributed by atoms with Crippen LogP contribution in [0.3, 0.4) is 0 Å². The zero-order chi connectivity index (χ0) is 15.2. The van der Waals surface area contributed by atoms with Crippen LogP contribution in [0.15, 0.2) is 18.2 Å². The van der Waals surface area contributed by atoms with Crippen molar-refractivity contribution >= 4 is 12.0 Å². The molecule has 6 heteroatoms. The van der Waals surface area contributed by atoms with Crippen molar-refractivity contribution in [2.24, 2.45) is 0 Å². The third-order valence-electron chi connectivity index (χ3n) is 3.29. The van der Waals surface area contributed by atoms with Crippen LogP contribution in [0.1, 0.15) is 18.4 Å². The molecule has 0 spiro atoms. The van der Waals surface area contributed by atoms with Crippen molar-refractivity contribution in [3.8, 4) is 5.75 Å². The number of hydrogen-bond donors (Lipinski definition) is 1. The van der Waals surface area contributed by atoms with E-state index in [1.807, 2.05) is 0 Å². The van der Waals surface area contributed by atoms with E-state index in [1.54, 1.807) is 0 Å². The number of rotatable bonds is 6. The van der Waals surface area contributed by atoms with Crippen LogP contribution in [0.2, 0.25) is 0 Å². The van der Waals surface area contributed by atoms with Crippen LogP contribution in [0, 0.1) is 11.6 Å². The summed E-state index contributed by atoms with van der Waals surface area (Å²) >= 11 is 0. The SMILES string of the molecule is O=C(O)C=Cc1cc(F)c(OCCN2CCCC2)c(F)c1. The number of nitrogens with zero attached hydrogens (tertiary/aromatic N) is 1. The van der Waals surface area contributed by atoms with Gasteiger partial charge in [-0.05, 0) is 49.7 Å². The van der Waals surface area contributed by atoms with Gasteiger partial charge in [0.05, 0.1) is 0 Å². The van der Waals surface area contributed by atoms with Crippen LogP contribution < -0.4 is 4.74 Å². The highest BCUT2D eigenvalue weighted by molar-refractivity contribution is 5.85. The second-order valence-corrected chi connectivity index (χ2v) is 4.88. The minimum Gasteiger partial charge on any atom is -0.486 e. The van der Waals surface area contributed by atoms with Gasteiger partial charge in [-0.25, -0.2) is 13.6 Å². The molecular weight excluding hydrogens is 280 g/mol. The van der Waals surface area contributed by atoms with Gasteiger partial charge in [-0.15, -0.1) is 0 Å². The van der Waals surface area contributed by atoms with Gasteiger partial charge in [0, 0.05) is 12.6 Å². The lowest BCUT2D eigenvalue weighted by Crippen LogP contribution is -2.25. The number of carbonyl (C=O) groups is 1. The maximum absolute atomic E-state index is 13.8. The quantitative estimate of drug-likeness (QED) is 0.820. The Labute approximate surface area is 121 Å². The second kappa shape index (κ2) is 7.17. The maximum Gasteiger partial charge on any atom is 0.328 e. The number of carboxylic acids is 1. The van der Waals surface area contributed by atoms with Gasteiger partial charge in [0.2, 0.25) is 0 Å². The van der Waals surface area contributed by atoms with Crippen molar-refractivity contribution < 1.29 is 23.4 Å². The van der Waals surface area contributed by atoms with Crippen LogP contribution >= 0.6 is 0 Å². The predicted octanol–water partition coefficient (Wildman–Crippen LogP) is 2.54. The molecule has 1 N–H and O–H groups in total. The van der Waals surface area contributed by atoms with E-state index in [9.17, 15) is 13.6 Å². The minimum atomic E-state index is -1.18. The first-order valence-corrected chi connectivity index (χ1v) is 6.81. The first-order valence-electron chi connectivity index (χ1n) is 6.81. The highest BCUT2D eigenvalue weighted by Crippen LogP contribution is 2.24. The molecule has 0 saturated carbocycles. The molecule has 0 radical (unpaired) electrons. The van der Waals surface area contributed by atoms with Crippen LogP contribution in [0.4, 0.5) is 8.78 Å². The highest BCUT2D eigenvalue weighted by Gasteiger charge is 2.14. The molecule has 0 atom stereocenters. The van der Waals surface area contributed by atoms with Crippen LogP contribution in [0.5, 0.6) is 5.75 Å². The maximum atomic E-state index is 13.8. The standard InChI is InChI=1S/C15H17F2NO3/c16-12-9-11(3-4-14(19)20)10-13(17)15(12)21-8-7-18-5-1-2-6-18/h3-4,9-10H,1-2,5-8H2,(H,19,20). The molecule has 1 aromatic carbocycles. The monoisotopic (exact) mass is 297 g/mol. The summed E-state index contributed by atoms with van der Waals surface area (Å²) in [5, 5.41) is 8.48. The largest absolute Gasteiger partial charge is 0.486 e. The van der Waals surface area contributed by atoms with Crippen LogP contribution in [-0.4, -0.2) is 42.2 Å². The van der Waals surface area contributed by atoms with E-state index in [2.05, 4.69) is 4.90 Å². The topological polar surface area (TPSA) is 49.8 Å². The smallest absolute Gasteiger partial charge is 0.328 e. The summed E-state index contributed by atoms with van der Waals surface area (Å²) in [6.45, 7) is 2.85. The average molecular weight is 297 g/mol. The van der Waals surface area contributed by atoms with Gasteiger partial charge >= 0.3 is 5.97 Å². The Morgan fingerprint density at radius 1 is 1.29 bits per heavy atom. The Kier molecular flexibility index (Phi) is 5.27. The first-order chi connectivity index (χ1) is 10.1. The summed E-state index contributed by atoms with van der Waals surface area (Å²) in [4.78, 5) is 12.6. The number of halogens is 2. The number of likely N-dealkylation sites (tertiary alicyclic amines) is 1. The summed E-state index contributed by atoms with van der Waals surface area (Å²) < 4.78 is 32.7. The zero-order valence-corrected chi connectivity index (χ0v) is 11.5. The summed E-state index contributed by atoms with van der Waals surface area (Å²) in [7, 11) is 0. The lowest BCUT2D eigenvalue weighted by Gasteiger charge is -2.15. The van der Waals surface area contributed by atoms with Crippen LogP contribution in [0.25, 0.3) is 6.08 Å². The average Bonchev–Trinajstić information content (AvgIpc) is 2.92. The number of aliphatic carboxylic acids is 1. The third-order valence-corrected chi connectivity index (χ3v) is 3.29. The van der Waals surface area contributed by atoms with E-state index in [0.29, 0.717) is 6.54 Å².